The molecule has 23 heavy (non-hydrogen) atoms. The topological polar surface area (TPSA) is 40.6 Å². The Bertz CT molecular complexity index is 669. The first kappa shape index (κ1) is 17.5. The quantitative estimate of drug-likeness (QED) is 0.790. The number of benzene rings is 1. The lowest BCUT2D eigenvalue weighted by atomic mass is 10.0. The van der Waals surface area contributed by atoms with E-state index in [1.807, 2.05) is 18.2 Å². The smallest absolute Gasteiger partial charge is 0.216 e. The highest BCUT2D eigenvalue weighted by Gasteiger charge is 2.41. The second-order valence-corrected chi connectivity index (χ2v) is 9.60. The van der Waals surface area contributed by atoms with Gasteiger partial charge >= 0.3 is 0 Å². The highest BCUT2D eigenvalue weighted by Crippen LogP contribution is 2.33. The number of rotatable bonds is 5. The maximum Gasteiger partial charge on any atom is 0.216 e. The SMILES string of the molecule is CN(C1CCN(Cc2ccc(Cl)c(Cl)c2)CC1)S(=O)(=O)C1CC1. The summed E-state index contributed by atoms with van der Waals surface area (Å²) in [6, 6.07) is 5.84. The van der Waals surface area contributed by atoms with Crippen molar-refractivity contribution in [3.8, 4) is 0 Å². The van der Waals surface area contributed by atoms with Crippen LogP contribution in [0, 0.1) is 0 Å². The van der Waals surface area contributed by atoms with Gasteiger partial charge in [-0.25, -0.2) is 12.7 Å². The zero-order chi connectivity index (χ0) is 16.6. The van der Waals surface area contributed by atoms with Crippen LogP contribution in [0.25, 0.3) is 0 Å². The van der Waals surface area contributed by atoms with Crippen molar-refractivity contribution < 1.29 is 8.42 Å². The first-order chi connectivity index (χ1) is 10.9. The number of piperidine rings is 1. The summed E-state index contributed by atoms with van der Waals surface area (Å²) in [5.74, 6) is 0. The van der Waals surface area contributed by atoms with Crippen LogP contribution >= 0.6 is 23.2 Å². The molecular formula is C16H22Cl2N2O2S. The van der Waals surface area contributed by atoms with Crippen molar-refractivity contribution in [1.29, 1.82) is 0 Å². The van der Waals surface area contributed by atoms with Crippen LogP contribution in [0.15, 0.2) is 18.2 Å². The van der Waals surface area contributed by atoms with Crippen LogP contribution in [0.4, 0.5) is 0 Å². The second kappa shape index (κ2) is 6.89. The Hall–Kier alpha value is -0.330. The Labute approximate surface area is 148 Å². The van der Waals surface area contributed by atoms with E-state index in [-0.39, 0.29) is 11.3 Å². The predicted molar refractivity (Wildman–Crippen MR) is 94.5 cm³/mol. The van der Waals surface area contributed by atoms with Gasteiger partial charge in [-0.05, 0) is 43.4 Å². The van der Waals surface area contributed by atoms with Crippen molar-refractivity contribution in [2.24, 2.45) is 0 Å². The molecule has 0 unspecified atom stereocenters. The highest BCUT2D eigenvalue weighted by atomic mass is 35.5. The van der Waals surface area contributed by atoms with Crippen LogP contribution < -0.4 is 0 Å². The van der Waals surface area contributed by atoms with Gasteiger partial charge in [0.05, 0.1) is 15.3 Å². The van der Waals surface area contributed by atoms with E-state index in [4.69, 9.17) is 23.2 Å². The van der Waals surface area contributed by atoms with Crippen molar-refractivity contribution in [3.05, 3.63) is 33.8 Å². The minimum absolute atomic E-state index is 0.123. The normalized spacial score (nSPS) is 21.0. The summed E-state index contributed by atoms with van der Waals surface area (Å²) in [5, 5.41) is 1.03. The third-order valence-electron chi connectivity index (χ3n) is 4.81. The molecule has 1 saturated heterocycles. The molecule has 2 aliphatic rings. The number of halogens is 2. The lowest BCUT2D eigenvalue weighted by Crippen LogP contribution is -2.46. The Morgan fingerprint density at radius 3 is 2.35 bits per heavy atom. The number of hydrogen-bond donors (Lipinski definition) is 0. The lowest BCUT2D eigenvalue weighted by Gasteiger charge is -2.36. The minimum Gasteiger partial charge on any atom is -0.299 e. The van der Waals surface area contributed by atoms with Gasteiger partial charge in [0, 0.05) is 32.7 Å². The fraction of sp³-hybridized carbons (Fsp3) is 0.625. The zero-order valence-electron chi connectivity index (χ0n) is 13.2. The molecule has 1 aliphatic carbocycles. The van der Waals surface area contributed by atoms with Crippen LogP contribution in [0.1, 0.15) is 31.2 Å². The molecule has 0 atom stereocenters. The molecule has 0 bridgehead atoms. The van der Waals surface area contributed by atoms with E-state index in [2.05, 4.69) is 4.90 Å². The first-order valence-corrected chi connectivity index (χ1v) is 10.3. The molecule has 0 spiro atoms. The van der Waals surface area contributed by atoms with Crippen LogP contribution in [0.5, 0.6) is 0 Å². The van der Waals surface area contributed by atoms with E-state index in [0.29, 0.717) is 10.0 Å². The standard InChI is InChI=1S/C16H22Cl2N2O2S/c1-19(23(21,22)14-3-4-14)13-6-8-20(9-7-13)11-12-2-5-15(17)16(18)10-12/h2,5,10,13-14H,3-4,6-9,11H2,1H3. The maximum absolute atomic E-state index is 12.3. The number of hydrogen-bond acceptors (Lipinski definition) is 3. The first-order valence-electron chi connectivity index (χ1n) is 8.01. The van der Waals surface area contributed by atoms with Gasteiger partial charge in [-0.1, -0.05) is 29.3 Å². The van der Waals surface area contributed by atoms with Crippen LogP contribution in [-0.2, 0) is 16.6 Å². The Balaban J connectivity index is 1.55. The fourth-order valence-electron chi connectivity index (χ4n) is 3.15. The summed E-state index contributed by atoms with van der Waals surface area (Å²) in [5.41, 5.74) is 1.14. The molecule has 2 fully saturated rings. The van der Waals surface area contributed by atoms with E-state index < -0.39 is 10.0 Å². The Morgan fingerprint density at radius 2 is 1.78 bits per heavy atom. The molecule has 1 saturated carbocycles. The molecule has 7 heteroatoms. The van der Waals surface area contributed by atoms with Gasteiger partial charge in [-0.3, -0.25) is 4.90 Å². The van der Waals surface area contributed by atoms with Gasteiger partial charge in [0.1, 0.15) is 0 Å². The second-order valence-electron chi connectivity index (χ2n) is 6.52. The Morgan fingerprint density at radius 1 is 1.13 bits per heavy atom. The number of sulfonamides is 1. The molecule has 1 aromatic rings. The third-order valence-corrected chi connectivity index (χ3v) is 7.96. The van der Waals surface area contributed by atoms with Gasteiger partial charge in [-0.2, -0.15) is 0 Å². The highest BCUT2D eigenvalue weighted by molar-refractivity contribution is 7.90. The van der Waals surface area contributed by atoms with E-state index in [1.165, 1.54) is 0 Å². The van der Waals surface area contributed by atoms with E-state index in [1.54, 1.807) is 11.4 Å². The average Bonchev–Trinajstić information content (AvgIpc) is 3.36. The Kier molecular flexibility index (Phi) is 5.24. The van der Waals surface area contributed by atoms with Crippen molar-refractivity contribution in [2.75, 3.05) is 20.1 Å². The molecule has 0 aromatic heterocycles. The summed E-state index contributed by atoms with van der Waals surface area (Å²) in [7, 11) is -1.33. The monoisotopic (exact) mass is 376 g/mol. The van der Waals surface area contributed by atoms with E-state index in [9.17, 15) is 8.42 Å². The molecule has 4 nitrogen and oxygen atoms in total. The summed E-state index contributed by atoms with van der Waals surface area (Å²) >= 11 is 12.0. The van der Waals surface area contributed by atoms with Crippen molar-refractivity contribution in [3.63, 3.8) is 0 Å². The maximum atomic E-state index is 12.3. The molecule has 1 heterocycles. The molecule has 3 rings (SSSR count). The van der Waals surface area contributed by atoms with Crippen LogP contribution in [-0.4, -0.2) is 49.1 Å². The summed E-state index contributed by atoms with van der Waals surface area (Å²) in [4.78, 5) is 2.34. The molecule has 0 radical (unpaired) electrons. The van der Waals surface area contributed by atoms with Gasteiger partial charge in [0.25, 0.3) is 0 Å². The van der Waals surface area contributed by atoms with Gasteiger partial charge < -0.3 is 0 Å². The molecule has 128 valence electrons. The van der Waals surface area contributed by atoms with E-state index in [0.717, 1.165) is 50.9 Å². The summed E-state index contributed by atoms with van der Waals surface area (Å²) < 4.78 is 26.3. The van der Waals surface area contributed by atoms with Gasteiger partial charge in [0.2, 0.25) is 10.0 Å². The van der Waals surface area contributed by atoms with Gasteiger partial charge in [0.15, 0.2) is 0 Å². The summed E-state index contributed by atoms with van der Waals surface area (Å²) in [6.45, 7) is 2.62. The molecular weight excluding hydrogens is 355 g/mol. The lowest BCUT2D eigenvalue weighted by molar-refractivity contribution is 0.164. The zero-order valence-corrected chi connectivity index (χ0v) is 15.5. The largest absolute Gasteiger partial charge is 0.299 e. The van der Waals surface area contributed by atoms with Crippen molar-refractivity contribution in [2.45, 2.75) is 43.5 Å². The molecule has 1 aliphatic heterocycles. The molecule has 0 N–H and O–H groups in total. The predicted octanol–water partition coefficient (Wildman–Crippen LogP) is 3.38. The van der Waals surface area contributed by atoms with Crippen molar-refractivity contribution >= 4 is 33.2 Å². The average molecular weight is 377 g/mol. The van der Waals surface area contributed by atoms with Crippen LogP contribution in [0.3, 0.4) is 0 Å². The fourth-order valence-corrected chi connectivity index (χ4v) is 5.30. The number of nitrogens with zero attached hydrogens (tertiary/aromatic N) is 2. The summed E-state index contributed by atoms with van der Waals surface area (Å²) in [6.07, 6.45) is 3.40. The minimum atomic E-state index is -3.07. The van der Waals surface area contributed by atoms with Gasteiger partial charge in [-0.15, -0.1) is 0 Å². The van der Waals surface area contributed by atoms with E-state index >= 15 is 0 Å². The molecule has 1 aromatic carbocycles. The number of likely N-dealkylation sites (tertiary alicyclic amines) is 1. The van der Waals surface area contributed by atoms with Crippen molar-refractivity contribution in [1.82, 2.24) is 9.21 Å². The van der Waals surface area contributed by atoms with Crippen LogP contribution in [0.2, 0.25) is 10.0 Å². The third kappa shape index (κ3) is 4.02. The molecule has 0 amide bonds.